The molecule has 1 atom stereocenters. The third kappa shape index (κ3) is 3.42. The van der Waals surface area contributed by atoms with Crippen molar-refractivity contribution in [1.29, 1.82) is 0 Å². The summed E-state index contributed by atoms with van der Waals surface area (Å²) in [5.74, 6) is -0.287. The first-order valence-corrected chi connectivity index (χ1v) is 9.80. The summed E-state index contributed by atoms with van der Waals surface area (Å²) in [7, 11) is 0. The zero-order valence-electron chi connectivity index (χ0n) is 16.6. The molecule has 29 heavy (non-hydrogen) atoms. The van der Waals surface area contributed by atoms with Crippen LogP contribution in [-0.2, 0) is 16.9 Å². The lowest BCUT2D eigenvalue weighted by atomic mass is 9.90. The van der Waals surface area contributed by atoms with Gasteiger partial charge in [0, 0.05) is 12.1 Å². The molecule has 0 saturated carbocycles. The van der Waals surface area contributed by atoms with Crippen LogP contribution < -0.4 is 5.32 Å². The largest absolute Gasteiger partial charge is 0.350 e. The van der Waals surface area contributed by atoms with Gasteiger partial charge in [-0.1, -0.05) is 78.9 Å². The normalized spacial score (nSPS) is 15.9. The molecule has 1 aliphatic heterocycles. The predicted octanol–water partition coefficient (Wildman–Crippen LogP) is 4.44. The van der Waals surface area contributed by atoms with Crippen molar-refractivity contribution < 1.29 is 9.59 Å². The third-order valence-corrected chi connectivity index (χ3v) is 5.60. The first-order chi connectivity index (χ1) is 14.0. The van der Waals surface area contributed by atoms with E-state index in [0.29, 0.717) is 12.1 Å². The molecule has 0 bridgehead atoms. The van der Waals surface area contributed by atoms with Crippen molar-refractivity contribution in [2.75, 3.05) is 0 Å². The molecule has 4 rings (SSSR count). The van der Waals surface area contributed by atoms with Crippen LogP contribution in [-0.4, -0.2) is 16.7 Å². The predicted molar refractivity (Wildman–Crippen MR) is 113 cm³/mol. The van der Waals surface area contributed by atoms with Gasteiger partial charge in [0.1, 0.15) is 6.04 Å². The number of nitrogens with zero attached hydrogens (tertiary/aromatic N) is 1. The van der Waals surface area contributed by atoms with E-state index in [4.69, 9.17) is 0 Å². The highest BCUT2D eigenvalue weighted by Gasteiger charge is 2.48. The van der Waals surface area contributed by atoms with Crippen LogP contribution in [0.5, 0.6) is 0 Å². The second-order valence-electron chi connectivity index (χ2n) is 7.79. The first-order valence-electron chi connectivity index (χ1n) is 9.80. The van der Waals surface area contributed by atoms with E-state index in [-0.39, 0.29) is 11.8 Å². The van der Waals surface area contributed by atoms with Gasteiger partial charge in [0.15, 0.2) is 0 Å². The lowest BCUT2D eigenvalue weighted by Gasteiger charge is -2.40. The number of carbonyl (C=O) groups excluding carboxylic acids is 2. The molecule has 146 valence electrons. The Kier molecular flexibility index (Phi) is 4.93. The highest BCUT2D eigenvalue weighted by Crippen LogP contribution is 2.42. The van der Waals surface area contributed by atoms with Gasteiger partial charge >= 0.3 is 0 Å². The molecule has 3 aromatic carbocycles. The molecule has 0 fully saturated rings. The maximum absolute atomic E-state index is 13.4. The molecular formula is C25H24N2O2. The van der Waals surface area contributed by atoms with E-state index in [1.165, 1.54) is 0 Å². The van der Waals surface area contributed by atoms with Crippen molar-refractivity contribution in [3.05, 3.63) is 107 Å². The Morgan fingerprint density at radius 2 is 1.48 bits per heavy atom. The van der Waals surface area contributed by atoms with E-state index >= 15 is 0 Å². The Balaban J connectivity index is 1.70. The van der Waals surface area contributed by atoms with Crippen molar-refractivity contribution >= 4 is 11.8 Å². The highest BCUT2D eigenvalue weighted by atomic mass is 16.2. The van der Waals surface area contributed by atoms with E-state index in [9.17, 15) is 9.59 Å². The molecule has 4 nitrogen and oxygen atoms in total. The van der Waals surface area contributed by atoms with E-state index < -0.39 is 11.6 Å². The molecule has 1 aliphatic rings. The molecule has 0 aliphatic carbocycles. The standard InChI is InChI=1S/C25H24N2O2/c1-25(2,19-13-7-4-8-14-19)27-22(20-15-9-10-16-21(20)24(27)29)23(28)26-17-18-11-5-3-6-12-18/h3-16,22H,17H2,1-2H3,(H,26,28). The Bertz CT molecular complexity index is 1030. The van der Waals surface area contributed by atoms with Crippen molar-refractivity contribution in [1.82, 2.24) is 10.2 Å². The van der Waals surface area contributed by atoms with E-state index in [0.717, 1.165) is 16.7 Å². The fourth-order valence-electron chi connectivity index (χ4n) is 4.02. The van der Waals surface area contributed by atoms with Crippen LogP contribution >= 0.6 is 0 Å². The second-order valence-corrected chi connectivity index (χ2v) is 7.79. The topological polar surface area (TPSA) is 49.4 Å². The molecule has 0 radical (unpaired) electrons. The lowest BCUT2D eigenvalue weighted by molar-refractivity contribution is -0.127. The maximum atomic E-state index is 13.4. The van der Waals surface area contributed by atoms with Gasteiger partial charge in [0.05, 0.1) is 5.54 Å². The lowest BCUT2D eigenvalue weighted by Crippen LogP contribution is -2.48. The quantitative estimate of drug-likeness (QED) is 0.707. The molecule has 0 saturated heterocycles. The number of benzene rings is 3. The highest BCUT2D eigenvalue weighted by molar-refractivity contribution is 6.05. The van der Waals surface area contributed by atoms with Crippen LogP contribution in [0.3, 0.4) is 0 Å². The minimum atomic E-state index is -0.669. The van der Waals surface area contributed by atoms with Gasteiger partial charge < -0.3 is 10.2 Å². The van der Waals surface area contributed by atoms with E-state index in [1.54, 1.807) is 11.0 Å². The summed E-state index contributed by atoms with van der Waals surface area (Å²) in [5, 5.41) is 3.02. The average molecular weight is 384 g/mol. The van der Waals surface area contributed by atoms with Gasteiger partial charge in [-0.25, -0.2) is 0 Å². The summed E-state index contributed by atoms with van der Waals surface area (Å²) >= 11 is 0. The van der Waals surface area contributed by atoms with Crippen molar-refractivity contribution in [3.63, 3.8) is 0 Å². The van der Waals surface area contributed by atoms with Crippen molar-refractivity contribution in [3.8, 4) is 0 Å². The van der Waals surface area contributed by atoms with Crippen LogP contribution in [0.4, 0.5) is 0 Å². The Morgan fingerprint density at radius 3 is 2.17 bits per heavy atom. The minimum absolute atomic E-state index is 0.116. The fraction of sp³-hybridized carbons (Fsp3) is 0.200. The number of fused-ring (bicyclic) bond motifs is 1. The number of amides is 2. The number of nitrogens with one attached hydrogen (secondary N) is 1. The summed E-state index contributed by atoms with van der Waals surface area (Å²) in [5.41, 5.74) is 2.71. The van der Waals surface area contributed by atoms with Gasteiger partial charge in [-0.2, -0.15) is 0 Å². The van der Waals surface area contributed by atoms with Gasteiger partial charge in [0.2, 0.25) is 5.91 Å². The smallest absolute Gasteiger partial charge is 0.255 e. The zero-order valence-corrected chi connectivity index (χ0v) is 16.6. The average Bonchev–Trinajstić information content (AvgIpc) is 3.07. The number of rotatable bonds is 5. The van der Waals surface area contributed by atoms with Crippen LogP contribution in [0, 0.1) is 0 Å². The van der Waals surface area contributed by atoms with Gasteiger partial charge in [-0.15, -0.1) is 0 Å². The van der Waals surface area contributed by atoms with Crippen LogP contribution in [0.25, 0.3) is 0 Å². The molecule has 3 aromatic rings. The zero-order chi connectivity index (χ0) is 20.4. The van der Waals surface area contributed by atoms with Gasteiger partial charge in [-0.05, 0) is 36.6 Å². The second kappa shape index (κ2) is 7.55. The number of hydrogen-bond donors (Lipinski definition) is 1. The van der Waals surface area contributed by atoms with Crippen LogP contribution in [0.2, 0.25) is 0 Å². The van der Waals surface area contributed by atoms with Gasteiger partial charge in [-0.3, -0.25) is 9.59 Å². The maximum Gasteiger partial charge on any atom is 0.255 e. The summed E-state index contributed by atoms with van der Waals surface area (Å²) in [6, 6.07) is 26.4. The van der Waals surface area contributed by atoms with Crippen LogP contribution in [0.15, 0.2) is 84.9 Å². The van der Waals surface area contributed by atoms with Crippen molar-refractivity contribution in [2.24, 2.45) is 0 Å². The van der Waals surface area contributed by atoms with Crippen molar-refractivity contribution in [2.45, 2.75) is 32.0 Å². The third-order valence-electron chi connectivity index (χ3n) is 5.60. The molecule has 2 amide bonds. The summed E-state index contributed by atoms with van der Waals surface area (Å²) < 4.78 is 0. The summed E-state index contributed by atoms with van der Waals surface area (Å²) in [6.45, 7) is 4.40. The molecule has 0 spiro atoms. The Morgan fingerprint density at radius 1 is 0.897 bits per heavy atom. The fourth-order valence-corrected chi connectivity index (χ4v) is 4.02. The molecule has 1 N–H and O–H groups in total. The first kappa shape index (κ1) is 18.9. The van der Waals surface area contributed by atoms with Gasteiger partial charge in [0.25, 0.3) is 5.91 Å². The van der Waals surface area contributed by atoms with E-state index in [2.05, 4.69) is 5.32 Å². The monoisotopic (exact) mass is 384 g/mol. The molecule has 1 unspecified atom stereocenters. The SMILES string of the molecule is CC(C)(c1ccccc1)N1C(=O)c2ccccc2C1C(=O)NCc1ccccc1. The van der Waals surface area contributed by atoms with Crippen LogP contribution in [0.1, 0.15) is 46.9 Å². The summed E-state index contributed by atoms with van der Waals surface area (Å²) in [4.78, 5) is 28.4. The number of hydrogen-bond acceptors (Lipinski definition) is 2. The Labute approximate surface area is 171 Å². The Hall–Kier alpha value is -3.40. The minimum Gasteiger partial charge on any atom is -0.350 e. The summed E-state index contributed by atoms with van der Waals surface area (Å²) in [6.07, 6.45) is 0. The van der Waals surface area contributed by atoms with E-state index in [1.807, 2.05) is 92.7 Å². The number of carbonyl (C=O) groups is 2. The molecule has 4 heteroatoms. The molecule has 1 heterocycles. The molecule has 0 aromatic heterocycles. The molecular weight excluding hydrogens is 360 g/mol.